The standard InChI is InChI=1S/C15H10FN3O2/c16-11-8-4-5-9-12(11)17-13(20)15-19-18-14(21-15)10-6-2-1-3-7-10/h1-9H,(H,17,20). The van der Waals surface area contributed by atoms with Gasteiger partial charge < -0.3 is 9.73 Å². The number of benzene rings is 2. The van der Waals surface area contributed by atoms with Crippen molar-refractivity contribution in [1.29, 1.82) is 0 Å². The van der Waals surface area contributed by atoms with E-state index in [2.05, 4.69) is 15.5 Å². The van der Waals surface area contributed by atoms with Gasteiger partial charge in [0.2, 0.25) is 5.89 Å². The molecule has 0 spiro atoms. The maximum absolute atomic E-state index is 13.5. The first-order valence-electron chi connectivity index (χ1n) is 6.19. The number of carbonyl (C=O) groups is 1. The van der Waals surface area contributed by atoms with Crippen molar-refractivity contribution >= 4 is 11.6 Å². The summed E-state index contributed by atoms with van der Waals surface area (Å²) in [7, 11) is 0. The van der Waals surface area contributed by atoms with E-state index in [4.69, 9.17) is 4.42 Å². The number of halogens is 1. The lowest BCUT2D eigenvalue weighted by Gasteiger charge is -2.02. The molecule has 1 N–H and O–H groups in total. The minimum absolute atomic E-state index is 0.0574. The van der Waals surface area contributed by atoms with Crippen molar-refractivity contribution in [3.63, 3.8) is 0 Å². The summed E-state index contributed by atoms with van der Waals surface area (Å²) in [5.41, 5.74) is 0.761. The number of nitrogens with zero attached hydrogens (tertiary/aromatic N) is 2. The molecule has 3 rings (SSSR count). The van der Waals surface area contributed by atoms with Crippen molar-refractivity contribution in [3.05, 3.63) is 66.3 Å². The fourth-order valence-corrected chi connectivity index (χ4v) is 1.75. The van der Waals surface area contributed by atoms with Gasteiger partial charge in [-0.1, -0.05) is 30.3 Å². The quantitative estimate of drug-likeness (QED) is 0.801. The SMILES string of the molecule is O=C(Nc1ccccc1F)c1nnc(-c2ccccc2)o1. The lowest BCUT2D eigenvalue weighted by atomic mass is 10.2. The van der Waals surface area contributed by atoms with Crippen molar-refractivity contribution in [2.24, 2.45) is 0 Å². The van der Waals surface area contributed by atoms with Crippen LogP contribution in [-0.2, 0) is 0 Å². The second-order valence-corrected chi connectivity index (χ2v) is 4.21. The molecule has 104 valence electrons. The summed E-state index contributed by atoms with van der Waals surface area (Å²) in [6, 6.07) is 14.9. The highest BCUT2D eigenvalue weighted by Crippen LogP contribution is 2.18. The average Bonchev–Trinajstić information content (AvgIpc) is 3.00. The van der Waals surface area contributed by atoms with Crippen LogP contribution in [0.1, 0.15) is 10.7 Å². The van der Waals surface area contributed by atoms with Crippen molar-refractivity contribution in [2.45, 2.75) is 0 Å². The van der Waals surface area contributed by atoms with Gasteiger partial charge in [-0.3, -0.25) is 4.79 Å². The molecule has 1 heterocycles. The molecule has 0 fully saturated rings. The number of hydrogen-bond donors (Lipinski definition) is 1. The lowest BCUT2D eigenvalue weighted by molar-refractivity contribution is 0.0990. The number of hydrogen-bond acceptors (Lipinski definition) is 4. The van der Waals surface area contributed by atoms with E-state index in [0.29, 0.717) is 5.56 Å². The molecule has 0 saturated carbocycles. The fraction of sp³-hybridized carbons (Fsp3) is 0. The predicted octanol–water partition coefficient (Wildman–Crippen LogP) is 3.13. The maximum atomic E-state index is 13.5. The Kier molecular flexibility index (Phi) is 3.42. The molecule has 1 amide bonds. The number of anilines is 1. The molecular formula is C15H10FN3O2. The summed E-state index contributed by atoms with van der Waals surface area (Å²) in [6.07, 6.45) is 0. The molecule has 21 heavy (non-hydrogen) atoms. The summed E-state index contributed by atoms with van der Waals surface area (Å²) in [5.74, 6) is -1.19. The third-order valence-electron chi connectivity index (χ3n) is 2.76. The van der Waals surface area contributed by atoms with Gasteiger partial charge in [0.15, 0.2) is 0 Å². The van der Waals surface area contributed by atoms with Crippen LogP contribution in [0.2, 0.25) is 0 Å². The summed E-state index contributed by atoms with van der Waals surface area (Å²) in [5, 5.41) is 9.85. The van der Waals surface area contributed by atoms with Gasteiger partial charge in [0, 0.05) is 5.56 Å². The molecule has 0 saturated heterocycles. The number of carbonyl (C=O) groups excluding carboxylic acids is 1. The molecular weight excluding hydrogens is 273 g/mol. The highest BCUT2D eigenvalue weighted by Gasteiger charge is 2.17. The minimum atomic E-state index is -0.658. The zero-order valence-electron chi connectivity index (χ0n) is 10.8. The number of para-hydroxylation sites is 1. The Balaban J connectivity index is 1.80. The Morgan fingerprint density at radius 1 is 1.00 bits per heavy atom. The molecule has 0 bridgehead atoms. The highest BCUT2D eigenvalue weighted by molar-refractivity contribution is 6.01. The lowest BCUT2D eigenvalue weighted by Crippen LogP contribution is -2.13. The second-order valence-electron chi connectivity index (χ2n) is 4.21. The number of amides is 1. The molecule has 0 unspecified atom stereocenters. The van der Waals surface area contributed by atoms with Gasteiger partial charge in [0.1, 0.15) is 5.82 Å². The Morgan fingerprint density at radius 2 is 1.71 bits per heavy atom. The van der Waals surface area contributed by atoms with Crippen LogP contribution < -0.4 is 5.32 Å². The van der Waals surface area contributed by atoms with E-state index in [1.807, 2.05) is 18.2 Å². The van der Waals surface area contributed by atoms with E-state index >= 15 is 0 Å². The van der Waals surface area contributed by atoms with E-state index in [9.17, 15) is 9.18 Å². The van der Waals surface area contributed by atoms with Crippen molar-refractivity contribution in [3.8, 4) is 11.5 Å². The average molecular weight is 283 g/mol. The molecule has 3 aromatic rings. The van der Waals surface area contributed by atoms with Crippen LogP contribution in [0.3, 0.4) is 0 Å². The Hall–Kier alpha value is -3.02. The molecule has 0 aliphatic carbocycles. The normalized spacial score (nSPS) is 10.3. The molecule has 2 aromatic carbocycles. The minimum Gasteiger partial charge on any atom is -0.412 e. The summed E-state index contributed by atoms with van der Waals surface area (Å²) < 4.78 is 18.7. The molecule has 6 heteroatoms. The van der Waals surface area contributed by atoms with Gasteiger partial charge in [-0.05, 0) is 24.3 Å². The third-order valence-corrected chi connectivity index (χ3v) is 2.76. The molecule has 0 atom stereocenters. The van der Waals surface area contributed by atoms with E-state index in [1.165, 1.54) is 18.2 Å². The molecule has 0 aliphatic heterocycles. The highest BCUT2D eigenvalue weighted by atomic mass is 19.1. The van der Waals surface area contributed by atoms with E-state index in [0.717, 1.165) is 0 Å². The zero-order chi connectivity index (χ0) is 14.7. The van der Waals surface area contributed by atoms with Gasteiger partial charge in [-0.2, -0.15) is 0 Å². The van der Waals surface area contributed by atoms with Crippen LogP contribution >= 0.6 is 0 Å². The predicted molar refractivity (Wildman–Crippen MR) is 74.1 cm³/mol. The van der Waals surface area contributed by atoms with Crippen LogP contribution in [0.4, 0.5) is 10.1 Å². The molecule has 1 aromatic heterocycles. The molecule has 5 nitrogen and oxygen atoms in total. The zero-order valence-corrected chi connectivity index (χ0v) is 10.8. The number of rotatable bonds is 3. The third kappa shape index (κ3) is 2.79. The Labute approximate surface area is 119 Å². The Morgan fingerprint density at radius 3 is 2.48 bits per heavy atom. The van der Waals surface area contributed by atoms with Crippen molar-refractivity contribution < 1.29 is 13.6 Å². The van der Waals surface area contributed by atoms with Crippen LogP contribution in [0, 0.1) is 5.82 Å². The van der Waals surface area contributed by atoms with E-state index < -0.39 is 11.7 Å². The summed E-state index contributed by atoms with van der Waals surface area (Å²) in [6.45, 7) is 0. The van der Waals surface area contributed by atoms with Crippen LogP contribution in [-0.4, -0.2) is 16.1 Å². The largest absolute Gasteiger partial charge is 0.412 e. The summed E-state index contributed by atoms with van der Waals surface area (Å²) in [4.78, 5) is 11.9. The summed E-state index contributed by atoms with van der Waals surface area (Å²) >= 11 is 0. The topological polar surface area (TPSA) is 68.0 Å². The van der Waals surface area contributed by atoms with Crippen LogP contribution in [0.15, 0.2) is 59.0 Å². The maximum Gasteiger partial charge on any atom is 0.313 e. The number of aromatic nitrogens is 2. The Bertz CT molecular complexity index is 771. The smallest absolute Gasteiger partial charge is 0.313 e. The van der Waals surface area contributed by atoms with Crippen molar-refractivity contribution in [1.82, 2.24) is 10.2 Å². The van der Waals surface area contributed by atoms with Gasteiger partial charge in [-0.15, -0.1) is 10.2 Å². The van der Waals surface area contributed by atoms with Gasteiger partial charge in [0.05, 0.1) is 5.69 Å². The number of nitrogens with one attached hydrogen (secondary N) is 1. The van der Waals surface area contributed by atoms with E-state index in [1.54, 1.807) is 18.2 Å². The van der Waals surface area contributed by atoms with Gasteiger partial charge in [-0.25, -0.2) is 4.39 Å². The first kappa shape index (κ1) is 13.0. The molecule has 0 radical (unpaired) electrons. The first-order chi connectivity index (χ1) is 10.2. The van der Waals surface area contributed by atoms with Crippen LogP contribution in [0.5, 0.6) is 0 Å². The fourth-order valence-electron chi connectivity index (χ4n) is 1.75. The second kappa shape index (κ2) is 5.54. The van der Waals surface area contributed by atoms with Gasteiger partial charge in [0.25, 0.3) is 0 Å². The van der Waals surface area contributed by atoms with Gasteiger partial charge >= 0.3 is 11.8 Å². The molecule has 0 aliphatic rings. The van der Waals surface area contributed by atoms with E-state index in [-0.39, 0.29) is 17.5 Å². The first-order valence-corrected chi connectivity index (χ1v) is 6.19. The monoisotopic (exact) mass is 283 g/mol. The van der Waals surface area contributed by atoms with Crippen LogP contribution in [0.25, 0.3) is 11.5 Å². The van der Waals surface area contributed by atoms with Crippen molar-refractivity contribution in [2.75, 3.05) is 5.32 Å².